The first-order chi connectivity index (χ1) is 9.19. The molecule has 0 bridgehead atoms. The Morgan fingerprint density at radius 3 is 2.95 bits per heavy atom. The molecule has 1 heterocycles. The maximum atomic E-state index is 11.8. The summed E-state index contributed by atoms with van der Waals surface area (Å²) in [4.78, 5) is 11.8. The fraction of sp³-hybridized carbons (Fsp3) is 0.500. The summed E-state index contributed by atoms with van der Waals surface area (Å²) in [7, 11) is 1.58. The van der Waals surface area contributed by atoms with E-state index in [9.17, 15) is 4.79 Å². The second-order valence-electron chi connectivity index (χ2n) is 4.74. The van der Waals surface area contributed by atoms with Gasteiger partial charge in [-0.2, -0.15) is 0 Å². The number of hydrogen-bond donors (Lipinski definition) is 2. The number of benzene rings is 1. The smallest absolute Gasteiger partial charge is 0.221 e. The summed E-state index contributed by atoms with van der Waals surface area (Å²) in [5.74, 6) is 0.721. The summed E-state index contributed by atoms with van der Waals surface area (Å²) in [6.07, 6.45) is 2.79. The van der Waals surface area contributed by atoms with E-state index >= 15 is 0 Å². The number of rotatable bonds is 5. The average Bonchev–Trinajstić information content (AvgIpc) is 2.89. The minimum absolute atomic E-state index is 0. The minimum atomic E-state index is 0. The number of amides is 1. The number of methoxy groups -OCH3 is 1. The molecule has 1 unspecified atom stereocenters. The van der Waals surface area contributed by atoms with E-state index in [4.69, 9.17) is 16.3 Å². The summed E-state index contributed by atoms with van der Waals surface area (Å²) in [6.45, 7) is 1.52. The zero-order valence-corrected chi connectivity index (χ0v) is 13.0. The first kappa shape index (κ1) is 17.1. The van der Waals surface area contributed by atoms with Crippen molar-refractivity contribution in [2.75, 3.05) is 13.7 Å². The van der Waals surface area contributed by atoms with Gasteiger partial charge in [0.1, 0.15) is 5.75 Å². The highest BCUT2D eigenvalue weighted by Gasteiger charge is 2.17. The van der Waals surface area contributed by atoms with Crippen molar-refractivity contribution >= 4 is 29.9 Å². The highest BCUT2D eigenvalue weighted by atomic mass is 35.5. The largest absolute Gasteiger partial charge is 0.495 e. The number of carbonyl (C=O) groups is 1. The molecule has 6 heteroatoms. The summed E-state index contributed by atoms with van der Waals surface area (Å²) in [6, 6.07) is 5.86. The van der Waals surface area contributed by atoms with Gasteiger partial charge < -0.3 is 15.4 Å². The van der Waals surface area contributed by atoms with Crippen LogP contribution in [0.25, 0.3) is 0 Å². The quantitative estimate of drug-likeness (QED) is 0.877. The van der Waals surface area contributed by atoms with Crippen LogP contribution in [0.1, 0.15) is 24.8 Å². The molecule has 1 amide bonds. The maximum absolute atomic E-state index is 11.8. The van der Waals surface area contributed by atoms with Gasteiger partial charge in [0.05, 0.1) is 12.1 Å². The van der Waals surface area contributed by atoms with Gasteiger partial charge in [-0.05, 0) is 37.1 Å². The third kappa shape index (κ3) is 4.85. The van der Waals surface area contributed by atoms with Crippen molar-refractivity contribution in [1.82, 2.24) is 10.6 Å². The Hall–Kier alpha value is -0.970. The molecule has 2 rings (SSSR count). The van der Waals surface area contributed by atoms with E-state index in [1.165, 1.54) is 0 Å². The van der Waals surface area contributed by atoms with Crippen molar-refractivity contribution in [3.63, 3.8) is 0 Å². The van der Waals surface area contributed by atoms with Crippen LogP contribution in [0.5, 0.6) is 5.75 Å². The Kier molecular flexibility index (Phi) is 7.13. The molecular weight excluding hydrogens is 299 g/mol. The van der Waals surface area contributed by atoms with Gasteiger partial charge in [-0.15, -0.1) is 12.4 Å². The van der Waals surface area contributed by atoms with Crippen molar-refractivity contribution in [2.45, 2.75) is 31.8 Å². The third-order valence-corrected chi connectivity index (χ3v) is 3.60. The summed E-state index contributed by atoms with van der Waals surface area (Å²) < 4.78 is 5.09. The van der Waals surface area contributed by atoms with Crippen molar-refractivity contribution < 1.29 is 9.53 Å². The van der Waals surface area contributed by atoms with E-state index in [-0.39, 0.29) is 18.3 Å². The zero-order chi connectivity index (χ0) is 13.7. The van der Waals surface area contributed by atoms with Crippen LogP contribution in [0.3, 0.4) is 0 Å². The number of carbonyl (C=O) groups excluding carboxylic acids is 1. The third-order valence-electron chi connectivity index (χ3n) is 3.30. The molecule has 2 N–H and O–H groups in total. The van der Waals surface area contributed by atoms with Gasteiger partial charge in [-0.25, -0.2) is 0 Å². The molecule has 0 aliphatic carbocycles. The standard InChI is InChI=1S/C14H19ClN2O2.ClH/c1-19-13-5-4-10(7-12(13)15)9-17-14(18)8-11-3-2-6-16-11;/h4-5,7,11,16H,2-3,6,8-9H2,1H3,(H,17,18);1H. The molecule has 0 radical (unpaired) electrons. The van der Waals surface area contributed by atoms with Gasteiger partial charge in [0, 0.05) is 19.0 Å². The fourth-order valence-corrected chi connectivity index (χ4v) is 2.53. The van der Waals surface area contributed by atoms with Crippen molar-refractivity contribution in [2.24, 2.45) is 0 Å². The molecule has 1 atom stereocenters. The first-order valence-electron chi connectivity index (χ1n) is 6.51. The van der Waals surface area contributed by atoms with Crippen LogP contribution < -0.4 is 15.4 Å². The average molecular weight is 319 g/mol. The molecule has 4 nitrogen and oxygen atoms in total. The van der Waals surface area contributed by atoms with Gasteiger partial charge in [0.25, 0.3) is 0 Å². The summed E-state index contributed by atoms with van der Waals surface area (Å²) in [5, 5.41) is 6.79. The molecule has 1 fully saturated rings. The predicted molar refractivity (Wildman–Crippen MR) is 82.7 cm³/mol. The number of ether oxygens (including phenoxy) is 1. The highest BCUT2D eigenvalue weighted by molar-refractivity contribution is 6.32. The van der Waals surface area contributed by atoms with Crippen molar-refractivity contribution in [3.8, 4) is 5.75 Å². The Labute approximate surface area is 130 Å². The topological polar surface area (TPSA) is 50.4 Å². The second-order valence-corrected chi connectivity index (χ2v) is 5.15. The van der Waals surface area contributed by atoms with Crippen LogP contribution in [-0.2, 0) is 11.3 Å². The molecular formula is C14H20Cl2N2O2. The van der Waals surface area contributed by atoms with E-state index in [0.717, 1.165) is 24.9 Å². The normalized spacial score (nSPS) is 17.4. The van der Waals surface area contributed by atoms with Gasteiger partial charge in [0.2, 0.25) is 5.91 Å². The SMILES string of the molecule is COc1ccc(CNC(=O)CC2CCCN2)cc1Cl.Cl. The van der Waals surface area contributed by atoms with Crippen LogP contribution in [0.2, 0.25) is 5.02 Å². The van der Waals surface area contributed by atoms with E-state index < -0.39 is 0 Å². The molecule has 1 aromatic carbocycles. The van der Waals surface area contributed by atoms with E-state index in [0.29, 0.717) is 29.8 Å². The lowest BCUT2D eigenvalue weighted by Gasteiger charge is -2.11. The van der Waals surface area contributed by atoms with Gasteiger partial charge in [-0.3, -0.25) is 4.79 Å². The lowest BCUT2D eigenvalue weighted by Crippen LogP contribution is -2.31. The lowest BCUT2D eigenvalue weighted by atomic mass is 10.1. The molecule has 112 valence electrons. The second kappa shape index (κ2) is 8.35. The molecule has 1 aromatic rings. The van der Waals surface area contributed by atoms with Crippen LogP contribution in [0, 0.1) is 0 Å². The Balaban J connectivity index is 0.00000200. The summed E-state index contributed by atoms with van der Waals surface area (Å²) in [5.41, 5.74) is 0.971. The van der Waals surface area contributed by atoms with Crippen LogP contribution in [0.4, 0.5) is 0 Å². The molecule has 1 saturated heterocycles. The van der Waals surface area contributed by atoms with Crippen LogP contribution >= 0.6 is 24.0 Å². The Bertz CT molecular complexity index is 449. The lowest BCUT2D eigenvalue weighted by molar-refractivity contribution is -0.121. The predicted octanol–water partition coefficient (Wildman–Crippen LogP) is 2.53. The maximum Gasteiger partial charge on any atom is 0.221 e. The van der Waals surface area contributed by atoms with Gasteiger partial charge in [0.15, 0.2) is 0 Å². The zero-order valence-electron chi connectivity index (χ0n) is 11.4. The summed E-state index contributed by atoms with van der Waals surface area (Å²) >= 11 is 6.03. The van der Waals surface area contributed by atoms with Crippen LogP contribution in [0.15, 0.2) is 18.2 Å². The molecule has 0 aromatic heterocycles. The van der Waals surface area contributed by atoms with E-state index in [2.05, 4.69) is 10.6 Å². The monoisotopic (exact) mass is 318 g/mol. The molecule has 1 aliphatic heterocycles. The minimum Gasteiger partial charge on any atom is -0.495 e. The Morgan fingerprint density at radius 2 is 2.35 bits per heavy atom. The first-order valence-corrected chi connectivity index (χ1v) is 6.89. The van der Waals surface area contributed by atoms with E-state index in [1.54, 1.807) is 7.11 Å². The highest BCUT2D eigenvalue weighted by Crippen LogP contribution is 2.24. The van der Waals surface area contributed by atoms with Gasteiger partial charge >= 0.3 is 0 Å². The fourth-order valence-electron chi connectivity index (χ4n) is 2.25. The van der Waals surface area contributed by atoms with Gasteiger partial charge in [-0.1, -0.05) is 17.7 Å². The van der Waals surface area contributed by atoms with Crippen molar-refractivity contribution in [1.29, 1.82) is 0 Å². The number of hydrogen-bond acceptors (Lipinski definition) is 3. The molecule has 0 saturated carbocycles. The Morgan fingerprint density at radius 1 is 1.55 bits per heavy atom. The van der Waals surface area contributed by atoms with Crippen molar-refractivity contribution in [3.05, 3.63) is 28.8 Å². The number of nitrogens with one attached hydrogen (secondary N) is 2. The molecule has 1 aliphatic rings. The van der Waals surface area contributed by atoms with Crippen LogP contribution in [-0.4, -0.2) is 25.6 Å². The molecule has 20 heavy (non-hydrogen) atoms. The number of halogens is 2. The van der Waals surface area contributed by atoms with E-state index in [1.807, 2.05) is 18.2 Å². The molecule has 0 spiro atoms.